The van der Waals surface area contributed by atoms with E-state index in [1.165, 1.54) is 65.5 Å². The summed E-state index contributed by atoms with van der Waals surface area (Å²) in [6.07, 6.45) is 6.43. The van der Waals surface area contributed by atoms with Gasteiger partial charge in [-0.1, -0.05) is 184 Å². The Balaban J connectivity index is 0.880. The van der Waals surface area contributed by atoms with Gasteiger partial charge in [0.1, 0.15) is 0 Å². The van der Waals surface area contributed by atoms with Crippen LogP contribution in [0.4, 0.5) is 0 Å². The number of nitrogens with zero attached hydrogens (tertiary/aromatic N) is 6. The second kappa shape index (κ2) is 18.9. The van der Waals surface area contributed by atoms with E-state index in [9.17, 15) is 0 Å². The van der Waals surface area contributed by atoms with Crippen molar-refractivity contribution in [2.24, 2.45) is 0 Å². The van der Waals surface area contributed by atoms with Gasteiger partial charge in [-0.2, -0.15) is 0 Å². The summed E-state index contributed by atoms with van der Waals surface area (Å²) in [6, 6.07) is 106. The first kappa shape index (κ1) is 46.2. The van der Waals surface area contributed by atoms with Crippen molar-refractivity contribution in [3.8, 4) is 67.5 Å². The van der Waals surface area contributed by atoms with Crippen LogP contribution >= 0.6 is 0 Å². The number of fused-ring (bicyclic) bond motifs is 9. The van der Waals surface area contributed by atoms with Crippen LogP contribution in [0.2, 0.25) is 0 Å². The van der Waals surface area contributed by atoms with E-state index in [-0.39, 0.29) is 0 Å². The zero-order valence-corrected chi connectivity index (χ0v) is 44.1. The molecule has 4 aromatic heterocycles. The van der Waals surface area contributed by atoms with Crippen LogP contribution in [0, 0.1) is 0 Å². The van der Waals surface area contributed by atoms with E-state index in [1.54, 1.807) is 0 Å². The van der Waals surface area contributed by atoms with Gasteiger partial charge < -0.3 is 13.7 Å². The van der Waals surface area contributed by atoms with Gasteiger partial charge in [0.15, 0.2) is 0 Å². The molecule has 6 heteroatoms. The number of para-hydroxylation sites is 7. The molecule has 0 bridgehead atoms. The lowest BCUT2D eigenvalue weighted by Crippen LogP contribution is -2.55. The maximum atomic E-state index is 2.46. The van der Waals surface area contributed by atoms with Crippen LogP contribution in [0.1, 0.15) is 0 Å². The Morgan fingerprint density at radius 3 is 1.19 bits per heavy atom. The second-order valence-corrected chi connectivity index (χ2v) is 20.9. The SMILES string of the molecule is c1ccc(-n2c3ccccc3c3cc(-c4ccc5c6cc(-c7cc(-c8cccc(-[n+]9c[n+](-c%10ccccc%10)c[n+](-c%10ccccc%10)c9)c8)ccc7-n7c8ccccc8c8ccccc87)ccc6n(-c6ccccc6)c5c4)ccc32)cc1. The molecule has 0 radical (unpaired) electrons. The fourth-order valence-electron chi connectivity index (χ4n) is 12.5. The first-order valence-electron chi connectivity index (χ1n) is 27.6. The lowest BCUT2D eigenvalue weighted by Gasteiger charge is -2.16. The summed E-state index contributed by atoms with van der Waals surface area (Å²) in [7, 11) is 0. The second-order valence-electron chi connectivity index (χ2n) is 20.9. The highest BCUT2D eigenvalue weighted by molar-refractivity contribution is 6.14. The Kier molecular flexibility index (Phi) is 10.8. The van der Waals surface area contributed by atoms with Gasteiger partial charge in [0, 0.05) is 85.7 Å². The molecule has 16 aromatic rings. The Morgan fingerprint density at radius 2 is 0.593 bits per heavy atom. The Morgan fingerprint density at radius 1 is 0.210 bits per heavy atom. The molecule has 0 atom stereocenters. The predicted molar refractivity (Wildman–Crippen MR) is 330 cm³/mol. The minimum atomic E-state index is 1.05. The Labute approximate surface area is 468 Å². The lowest BCUT2D eigenvalue weighted by molar-refractivity contribution is -0.858. The third-order valence-electron chi connectivity index (χ3n) is 16.3. The van der Waals surface area contributed by atoms with Gasteiger partial charge in [0.25, 0.3) is 0 Å². The molecular formula is C75H51N6+3. The number of hydrogen-bond acceptors (Lipinski definition) is 0. The molecule has 0 amide bonds. The molecular weight excluding hydrogens is 985 g/mol. The van der Waals surface area contributed by atoms with Crippen LogP contribution in [-0.4, -0.2) is 13.7 Å². The number of benzene rings is 12. The minimum Gasteiger partial charge on any atom is -0.309 e. The summed E-state index contributed by atoms with van der Waals surface area (Å²) in [5.41, 5.74) is 20.5. The van der Waals surface area contributed by atoms with Crippen LogP contribution in [0.5, 0.6) is 0 Å². The van der Waals surface area contributed by atoms with Crippen molar-refractivity contribution in [3.05, 3.63) is 310 Å². The van der Waals surface area contributed by atoms with Gasteiger partial charge in [-0.25, -0.2) is 0 Å². The number of hydrogen-bond donors (Lipinski definition) is 0. The van der Waals surface area contributed by atoms with Crippen LogP contribution in [0.3, 0.4) is 0 Å². The molecule has 6 nitrogen and oxygen atoms in total. The number of aromatic nitrogens is 6. The molecule has 0 N–H and O–H groups in total. The highest BCUT2D eigenvalue weighted by atomic mass is 15.2. The van der Waals surface area contributed by atoms with E-state index in [4.69, 9.17) is 0 Å². The monoisotopic (exact) mass is 1040 g/mol. The molecule has 378 valence electrons. The summed E-state index contributed by atoms with van der Waals surface area (Å²) in [5.74, 6) is 0. The van der Waals surface area contributed by atoms with Crippen LogP contribution in [-0.2, 0) is 0 Å². The topological polar surface area (TPSA) is 26.4 Å². The first-order valence-corrected chi connectivity index (χ1v) is 27.6. The average molecular weight is 1040 g/mol. The molecule has 12 aromatic carbocycles. The molecule has 0 saturated heterocycles. The van der Waals surface area contributed by atoms with E-state index in [0.29, 0.717) is 0 Å². The largest absolute Gasteiger partial charge is 0.428 e. The first-order chi connectivity index (χ1) is 40.2. The van der Waals surface area contributed by atoms with Crippen molar-refractivity contribution in [2.75, 3.05) is 0 Å². The smallest absolute Gasteiger partial charge is 0.309 e. The standard InChI is InChI=1S/C75H51N6/c1-5-21-57(22-6-1)76-49-77(58-23-7-2-8-24-58)51-78(50-76)61-29-19-20-52(44-61)53-37-41-72(81-70-34-17-13-30-62(70)63-31-14-18-35-71(63)81)66(45-53)56-39-43-74-68(47-56)65-40-36-55(48-75(65)80(74)60-27-11-4-12-28-60)54-38-42-73-67(46-54)64-32-15-16-33-69(64)79(73)59-25-9-3-10-26-59/h1-51H/q+3. The summed E-state index contributed by atoms with van der Waals surface area (Å²) in [6.45, 7) is 0. The number of rotatable bonds is 9. The molecule has 81 heavy (non-hydrogen) atoms. The van der Waals surface area contributed by atoms with Crippen molar-refractivity contribution in [2.45, 2.75) is 0 Å². The van der Waals surface area contributed by atoms with Gasteiger partial charge in [-0.05, 0) is 113 Å². The third kappa shape index (κ3) is 7.76. The third-order valence-corrected chi connectivity index (χ3v) is 16.3. The van der Waals surface area contributed by atoms with E-state index in [0.717, 1.165) is 67.4 Å². The summed E-state index contributed by atoms with van der Waals surface area (Å²) in [5, 5.41) is 7.33. The molecule has 16 rings (SSSR count). The minimum absolute atomic E-state index is 1.05. The van der Waals surface area contributed by atoms with Crippen molar-refractivity contribution >= 4 is 65.4 Å². The zero-order chi connectivity index (χ0) is 53.4. The van der Waals surface area contributed by atoms with Gasteiger partial charge in [0.2, 0.25) is 17.1 Å². The quantitative estimate of drug-likeness (QED) is 0.129. The highest BCUT2D eigenvalue weighted by Gasteiger charge is 2.26. The van der Waals surface area contributed by atoms with E-state index in [1.807, 2.05) is 0 Å². The molecule has 0 fully saturated rings. The molecule has 0 aliphatic carbocycles. The molecule has 0 aliphatic rings. The average Bonchev–Trinajstić information content (AvgIpc) is 4.39. The normalized spacial score (nSPS) is 11.7. The molecule has 0 unspecified atom stereocenters. The van der Waals surface area contributed by atoms with Crippen molar-refractivity contribution < 1.29 is 13.7 Å². The van der Waals surface area contributed by atoms with Crippen molar-refractivity contribution in [1.29, 1.82) is 0 Å². The molecule has 0 saturated carbocycles. The summed E-state index contributed by atoms with van der Waals surface area (Å²) < 4.78 is 13.8. The zero-order valence-electron chi connectivity index (χ0n) is 44.1. The van der Waals surface area contributed by atoms with E-state index in [2.05, 4.69) is 338 Å². The van der Waals surface area contributed by atoms with Gasteiger partial charge in [-0.15, -0.1) is 0 Å². The van der Waals surface area contributed by atoms with E-state index >= 15 is 0 Å². The maximum Gasteiger partial charge on any atom is 0.428 e. The summed E-state index contributed by atoms with van der Waals surface area (Å²) >= 11 is 0. The fraction of sp³-hybridized carbons (Fsp3) is 0. The highest BCUT2D eigenvalue weighted by Crippen LogP contribution is 2.43. The van der Waals surface area contributed by atoms with Crippen molar-refractivity contribution in [3.63, 3.8) is 0 Å². The molecule has 0 spiro atoms. The van der Waals surface area contributed by atoms with Crippen LogP contribution in [0.25, 0.3) is 133 Å². The van der Waals surface area contributed by atoms with Gasteiger partial charge in [-0.3, -0.25) is 0 Å². The summed E-state index contributed by atoms with van der Waals surface area (Å²) in [4.78, 5) is 0. The molecule has 4 heterocycles. The Bertz CT molecular complexity index is 4980. The van der Waals surface area contributed by atoms with Crippen molar-refractivity contribution in [1.82, 2.24) is 13.7 Å². The van der Waals surface area contributed by atoms with Gasteiger partial charge >= 0.3 is 19.0 Å². The van der Waals surface area contributed by atoms with Crippen LogP contribution in [0.15, 0.2) is 310 Å². The van der Waals surface area contributed by atoms with Gasteiger partial charge in [0.05, 0.1) is 38.8 Å². The Hall–Kier alpha value is -11.0. The fourth-order valence-corrected chi connectivity index (χ4v) is 12.5. The lowest BCUT2D eigenvalue weighted by atomic mass is 9.95. The van der Waals surface area contributed by atoms with Crippen LogP contribution < -0.4 is 13.7 Å². The predicted octanol–water partition coefficient (Wildman–Crippen LogP) is 16.8. The molecule has 0 aliphatic heterocycles. The maximum absolute atomic E-state index is 2.46. The van der Waals surface area contributed by atoms with E-state index < -0.39 is 0 Å².